The van der Waals surface area contributed by atoms with Gasteiger partial charge in [-0.25, -0.2) is 9.78 Å². The average Bonchev–Trinajstić information content (AvgIpc) is 3.42. The zero-order chi connectivity index (χ0) is 33.0. The Morgan fingerprint density at radius 1 is 0.851 bits per heavy atom. The first-order valence-corrected chi connectivity index (χ1v) is 16.5. The summed E-state index contributed by atoms with van der Waals surface area (Å²) in [5, 5.41) is 0. The molecular formula is C38H43N5O4. The number of ether oxygens (including phenoxy) is 1. The number of anilines is 1. The molecule has 9 nitrogen and oxygen atoms in total. The third-order valence-corrected chi connectivity index (χ3v) is 8.82. The van der Waals surface area contributed by atoms with E-state index in [0.717, 1.165) is 29.7 Å². The summed E-state index contributed by atoms with van der Waals surface area (Å²) in [6.45, 7) is 7.22. The Balaban J connectivity index is 1.36. The number of amides is 3. The molecule has 1 unspecified atom stereocenters. The van der Waals surface area contributed by atoms with Crippen LogP contribution in [0.2, 0.25) is 0 Å². The molecule has 2 fully saturated rings. The monoisotopic (exact) mass is 633 g/mol. The van der Waals surface area contributed by atoms with Crippen LogP contribution in [-0.2, 0) is 16.0 Å². The SMILES string of the molecule is CC(C)(C)OC(=O)N1CCN(C(=O)c2ncn(C3CCCCN(c4ccccc4)C3=O)c2-c2ccccc2)[C@H](Cc2ccccc2)C1. The molecule has 0 spiro atoms. The highest BCUT2D eigenvalue weighted by Gasteiger charge is 2.38. The highest BCUT2D eigenvalue weighted by atomic mass is 16.6. The third-order valence-electron chi connectivity index (χ3n) is 8.82. The van der Waals surface area contributed by atoms with Crippen LogP contribution in [0.1, 0.15) is 62.1 Å². The van der Waals surface area contributed by atoms with Crippen molar-refractivity contribution in [1.29, 1.82) is 0 Å². The maximum absolute atomic E-state index is 14.7. The maximum atomic E-state index is 14.7. The second-order valence-electron chi connectivity index (χ2n) is 13.3. The number of aromatic nitrogens is 2. The van der Waals surface area contributed by atoms with Gasteiger partial charge >= 0.3 is 6.09 Å². The molecule has 4 aromatic rings. The quantitative estimate of drug-likeness (QED) is 0.238. The van der Waals surface area contributed by atoms with Crippen molar-refractivity contribution in [3.63, 3.8) is 0 Å². The summed E-state index contributed by atoms with van der Waals surface area (Å²) in [4.78, 5) is 52.1. The van der Waals surface area contributed by atoms with Gasteiger partial charge < -0.3 is 24.0 Å². The van der Waals surface area contributed by atoms with Gasteiger partial charge in [-0.2, -0.15) is 0 Å². The zero-order valence-corrected chi connectivity index (χ0v) is 27.4. The summed E-state index contributed by atoms with van der Waals surface area (Å²) in [6.07, 6.45) is 4.27. The normalized spacial score (nSPS) is 19.0. The molecule has 2 atom stereocenters. The van der Waals surface area contributed by atoms with Crippen LogP contribution in [-0.4, -0.2) is 75.1 Å². The summed E-state index contributed by atoms with van der Waals surface area (Å²) < 4.78 is 7.61. The second kappa shape index (κ2) is 13.8. The molecule has 244 valence electrons. The molecule has 3 heterocycles. The number of carbonyl (C=O) groups is 3. The fourth-order valence-corrected chi connectivity index (χ4v) is 6.59. The number of nitrogens with zero attached hydrogens (tertiary/aromatic N) is 5. The maximum Gasteiger partial charge on any atom is 0.410 e. The lowest BCUT2D eigenvalue weighted by Gasteiger charge is -2.41. The smallest absolute Gasteiger partial charge is 0.410 e. The van der Waals surface area contributed by atoms with Crippen LogP contribution in [0.25, 0.3) is 11.3 Å². The molecule has 2 aliphatic heterocycles. The molecule has 0 N–H and O–H groups in total. The lowest BCUT2D eigenvalue weighted by molar-refractivity contribution is -0.121. The Morgan fingerprint density at radius 2 is 1.51 bits per heavy atom. The summed E-state index contributed by atoms with van der Waals surface area (Å²) in [7, 11) is 0. The van der Waals surface area contributed by atoms with Gasteiger partial charge in [0, 0.05) is 37.4 Å². The summed E-state index contributed by atoms with van der Waals surface area (Å²) >= 11 is 0. The average molecular weight is 634 g/mol. The number of piperazine rings is 1. The van der Waals surface area contributed by atoms with E-state index in [9.17, 15) is 14.4 Å². The van der Waals surface area contributed by atoms with Crippen LogP contribution in [0.15, 0.2) is 97.3 Å². The van der Waals surface area contributed by atoms with Crippen LogP contribution in [0.4, 0.5) is 10.5 Å². The van der Waals surface area contributed by atoms with Crippen LogP contribution in [0.3, 0.4) is 0 Å². The second-order valence-corrected chi connectivity index (χ2v) is 13.3. The fraction of sp³-hybridized carbons (Fsp3) is 0.368. The van der Waals surface area contributed by atoms with Gasteiger partial charge in [0.05, 0.1) is 18.1 Å². The standard InChI is InChI=1S/C38H43N5O4/c1-38(2,3)47-37(46)40-23-24-42(31(26-40)25-28-15-7-4-8-16-28)36(45)33-34(29-17-9-5-10-18-29)43(27-39-33)32-21-13-14-22-41(35(32)44)30-19-11-6-12-20-30/h4-12,15-20,27,31-32H,13-14,21-26H2,1-3H3/t31-,32?/m1/s1. The van der Waals surface area contributed by atoms with E-state index in [-0.39, 0.29) is 23.9 Å². The first kappa shape index (κ1) is 32.0. The van der Waals surface area contributed by atoms with Crippen molar-refractivity contribution in [2.75, 3.05) is 31.1 Å². The van der Waals surface area contributed by atoms with E-state index in [1.165, 1.54) is 0 Å². The Labute approximate surface area is 276 Å². The molecule has 6 rings (SSSR count). The molecule has 2 aliphatic rings. The van der Waals surface area contributed by atoms with E-state index < -0.39 is 11.6 Å². The van der Waals surface area contributed by atoms with Crippen molar-refractivity contribution in [2.24, 2.45) is 0 Å². The number of hydrogen-bond donors (Lipinski definition) is 0. The van der Waals surface area contributed by atoms with E-state index in [1.54, 1.807) is 11.2 Å². The Bertz CT molecular complexity index is 1680. The van der Waals surface area contributed by atoms with E-state index in [0.29, 0.717) is 50.4 Å². The lowest BCUT2D eigenvalue weighted by Crippen LogP contribution is -2.58. The summed E-state index contributed by atoms with van der Waals surface area (Å²) in [5.41, 5.74) is 3.08. The minimum atomic E-state index is -0.623. The Hall–Kier alpha value is -4.92. The van der Waals surface area contributed by atoms with Gasteiger partial charge in [0.25, 0.3) is 5.91 Å². The number of benzene rings is 3. The van der Waals surface area contributed by atoms with Gasteiger partial charge in [-0.3, -0.25) is 9.59 Å². The molecule has 2 saturated heterocycles. The highest BCUT2D eigenvalue weighted by molar-refractivity contribution is 6.00. The predicted octanol–water partition coefficient (Wildman–Crippen LogP) is 6.61. The lowest BCUT2D eigenvalue weighted by atomic mass is 10.0. The van der Waals surface area contributed by atoms with Crippen molar-refractivity contribution < 1.29 is 19.1 Å². The molecule has 47 heavy (non-hydrogen) atoms. The fourth-order valence-electron chi connectivity index (χ4n) is 6.59. The van der Waals surface area contributed by atoms with Gasteiger partial charge in [-0.15, -0.1) is 0 Å². The number of rotatable bonds is 6. The van der Waals surface area contributed by atoms with Crippen LogP contribution < -0.4 is 4.90 Å². The number of hydrogen-bond acceptors (Lipinski definition) is 5. The summed E-state index contributed by atoms with van der Waals surface area (Å²) in [6, 6.07) is 28.7. The zero-order valence-electron chi connectivity index (χ0n) is 27.4. The van der Waals surface area contributed by atoms with Gasteiger partial charge in [-0.1, -0.05) is 78.9 Å². The predicted molar refractivity (Wildman–Crippen MR) is 182 cm³/mol. The van der Waals surface area contributed by atoms with E-state index in [4.69, 9.17) is 9.72 Å². The Morgan fingerprint density at radius 3 is 2.19 bits per heavy atom. The number of imidazole rings is 1. The molecule has 0 aliphatic carbocycles. The van der Waals surface area contributed by atoms with E-state index >= 15 is 0 Å². The van der Waals surface area contributed by atoms with Crippen LogP contribution >= 0.6 is 0 Å². The van der Waals surface area contributed by atoms with Crippen molar-refractivity contribution in [3.05, 3.63) is 109 Å². The van der Waals surface area contributed by atoms with Gasteiger partial charge in [0.2, 0.25) is 5.91 Å². The minimum Gasteiger partial charge on any atom is -0.444 e. The number of para-hydroxylation sites is 1. The van der Waals surface area contributed by atoms with Crippen molar-refractivity contribution in [2.45, 2.75) is 64.1 Å². The largest absolute Gasteiger partial charge is 0.444 e. The molecular weight excluding hydrogens is 590 g/mol. The van der Waals surface area contributed by atoms with Crippen molar-refractivity contribution in [1.82, 2.24) is 19.4 Å². The van der Waals surface area contributed by atoms with E-state index in [1.807, 2.05) is 126 Å². The molecule has 3 aromatic carbocycles. The van der Waals surface area contributed by atoms with Crippen LogP contribution in [0.5, 0.6) is 0 Å². The summed E-state index contributed by atoms with van der Waals surface area (Å²) in [5.74, 6) is -0.219. The molecule has 3 amide bonds. The van der Waals surface area contributed by atoms with Crippen LogP contribution in [0, 0.1) is 0 Å². The first-order chi connectivity index (χ1) is 22.7. The Kier molecular flexibility index (Phi) is 9.43. The highest BCUT2D eigenvalue weighted by Crippen LogP contribution is 2.34. The third kappa shape index (κ3) is 7.24. The molecule has 9 heteroatoms. The van der Waals surface area contributed by atoms with Crippen molar-refractivity contribution >= 4 is 23.6 Å². The molecule has 1 aromatic heterocycles. The van der Waals surface area contributed by atoms with Gasteiger partial charge in [0.1, 0.15) is 11.6 Å². The molecule has 0 radical (unpaired) electrons. The minimum absolute atomic E-state index is 0.00444. The topological polar surface area (TPSA) is 88.0 Å². The van der Waals surface area contributed by atoms with Gasteiger partial charge in [-0.05, 0) is 64.2 Å². The van der Waals surface area contributed by atoms with Crippen molar-refractivity contribution in [3.8, 4) is 11.3 Å². The van der Waals surface area contributed by atoms with Gasteiger partial charge in [0.15, 0.2) is 5.69 Å². The number of carbonyl (C=O) groups excluding carboxylic acids is 3. The molecule has 0 saturated carbocycles. The first-order valence-electron chi connectivity index (χ1n) is 16.5. The van der Waals surface area contributed by atoms with E-state index in [2.05, 4.69) is 0 Å². The molecule has 0 bridgehead atoms.